The number of carbonyl (C=O) groups is 6. The predicted octanol–water partition coefficient (Wildman–Crippen LogP) is 9.60. The molecule has 5 amide bonds. The number of ether oxygens (including phenoxy) is 3. The first-order valence-electron chi connectivity index (χ1n) is 25.0. The molecule has 0 unspecified atom stereocenters. The van der Waals surface area contributed by atoms with E-state index in [1.165, 1.54) is 28.3 Å². The van der Waals surface area contributed by atoms with Crippen molar-refractivity contribution in [3.63, 3.8) is 0 Å². The predicted molar refractivity (Wildman–Crippen MR) is 289 cm³/mol. The lowest BCUT2D eigenvalue weighted by molar-refractivity contribution is -0.142. The van der Waals surface area contributed by atoms with E-state index in [9.17, 15) is 32.8 Å². The summed E-state index contributed by atoms with van der Waals surface area (Å²) in [5.41, 5.74) is 0.0411. The molecule has 5 rings (SSSR count). The number of para-hydroxylation sites is 1. The molecule has 3 heterocycles. The number of hydrogen-bond donors (Lipinski definition) is 4. The van der Waals surface area contributed by atoms with Gasteiger partial charge in [0.05, 0.1) is 29.7 Å². The number of alkyl halides is 2. The number of halogens is 4. The Morgan fingerprint density at radius 3 is 2.20 bits per heavy atom. The van der Waals surface area contributed by atoms with Gasteiger partial charge in [0.25, 0.3) is 6.43 Å². The molecule has 22 heteroatoms. The van der Waals surface area contributed by atoms with Gasteiger partial charge in [-0.2, -0.15) is 0 Å². The van der Waals surface area contributed by atoms with Gasteiger partial charge in [0, 0.05) is 78.0 Å². The summed E-state index contributed by atoms with van der Waals surface area (Å²) in [7, 11) is 1.46. The number of nitrogens with zero attached hydrogens (tertiary/aromatic N) is 4. The first-order valence-corrected chi connectivity index (χ1v) is 27.0. The molecule has 3 aromatic rings. The van der Waals surface area contributed by atoms with Crippen LogP contribution in [0, 0.1) is 0 Å². The number of nitrogens with one attached hydrogen (secondary N) is 4. The second-order valence-electron chi connectivity index (χ2n) is 21.4. The molecule has 0 radical (unpaired) electrons. The normalized spacial score (nSPS) is 18.6. The number of aromatic nitrogens is 1. The zero-order chi connectivity index (χ0) is 55.4. The molecule has 0 aliphatic carbocycles. The number of fused-ring (bicyclic) bond motifs is 2. The zero-order valence-corrected chi connectivity index (χ0v) is 47.6. The van der Waals surface area contributed by atoms with Crippen LogP contribution in [0.3, 0.4) is 0 Å². The number of carbonyl (C=O) groups excluding carboxylic acids is 6. The molecular weight excluding hydrogens is 1080 g/mol. The number of rotatable bonds is 13. The van der Waals surface area contributed by atoms with Crippen LogP contribution in [-0.2, 0) is 41.6 Å². The topological polar surface area (TPSA) is 193 Å². The summed E-state index contributed by atoms with van der Waals surface area (Å²) in [6, 6.07) is 11.3. The Balaban J connectivity index is 1.58. The maximum Gasteiger partial charge on any atom is 0.419 e. The van der Waals surface area contributed by atoms with Crippen molar-refractivity contribution in [1.82, 2.24) is 40.1 Å². The Hall–Kier alpha value is -5.38. The summed E-state index contributed by atoms with van der Waals surface area (Å²) in [6.07, 6.45) is -0.836. The SMILES string of the molecule is CN1C(=O)[C@H](CCCCN(CC(F)F)C(=O)OC(C)(C)C)NC(=O)[C@H](CCCNC(=O)OC(C)(C)C)NCc2ccccc2SC2=C(CNC(=O)[C@@H]1Cc1cn(C(=O)OC(C)(C)C)c3ccccc13)C(Br)=CCN2Cl. The Bertz CT molecular complexity index is 2600. The Morgan fingerprint density at radius 2 is 1.52 bits per heavy atom. The molecule has 4 N–H and O–H groups in total. The van der Waals surface area contributed by atoms with Crippen molar-refractivity contribution in [3.05, 3.63) is 87.0 Å². The van der Waals surface area contributed by atoms with Crippen LogP contribution in [0.15, 0.2) is 80.8 Å². The highest BCUT2D eigenvalue weighted by atomic mass is 79.9. The van der Waals surface area contributed by atoms with E-state index in [1.807, 2.05) is 36.4 Å². The lowest BCUT2D eigenvalue weighted by Crippen LogP contribution is -2.57. The number of benzene rings is 2. The van der Waals surface area contributed by atoms with Crippen LogP contribution >= 0.6 is 39.5 Å². The average Bonchev–Trinajstić information content (AvgIpc) is 3.68. The summed E-state index contributed by atoms with van der Waals surface area (Å²) >= 11 is 12.0. The number of unbranched alkanes of at least 4 members (excludes halogenated alkanes) is 1. The Kier molecular flexibility index (Phi) is 21.4. The van der Waals surface area contributed by atoms with E-state index in [4.69, 9.17) is 26.0 Å². The second-order valence-corrected chi connectivity index (χ2v) is 23.7. The molecular formula is C53H72BrClF2N8O9S. The molecule has 3 atom stereocenters. The third-order valence-corrected chi connectivity index (χ3v) is 14.2. The highest BCUT2D eigenvalue weighted by Gasteiger charge is 2.36. The van der Waals surface area contributed by atoms with Crippen LogP contribution in [-0.4, -0.2) is 136 Å². The maximum atomic E-state index is 15.2. The largest absolute Gasteiger partial charge is 0.444 e. The van der Waals surface area contributed by atoms with Crippen LogP contribution in [0.1, 0.15) is 106 Å². The number of alkyl carbamates (subject to hydrolysis) is 1. The van der Waals surface area contributed by atoms with Crippen molar-refractivity contribution in [2.75, 3.05) is 39.8 Å². The lowest BCUT2D eigenvalue weighted by atomic mass is 10.0. The standard InChI is InChI=1S/C53H72BrClF2N8O9S/c1-51(2,3)72-48(69)58-25-17-21-38-44(66)61-39(20-15-16-26-63(32-43(56)57)49(70)73-52(4,5)6)46(68)62(10)41(28-34-31-64(50(71)74-53(7,8)9)40-22-13-12-19-35(34)40)45(67)60-30-36-37(54)24-27-65(55)47(36)75-42-23-14-11-18-33(42)29-59-38/h11-14,18-19,22-24,31,38-39,41,43,59H,15-17,20-21,25-30,32H2,1-10H3,(H,58,69)(H,60,67)(H,61,66)/t38-,39-,41-/m0/s1. The van der Waals surface area contributed by atoms with Crippen LogP contribution < -0.4 is 21.3 Å². The van der Waals surface area contributed by atoms with Gasteiger partial charge in [-0.25, -0.2) is 23.2 Å². The van der Waals surface area contributed by atoms with E-state index in [0.717, 1.165) is 15.4 Å². The average molecular weight is 1150 g/mol. The van der Waals surface area contributed by atoms with Crippen LogP contribution in [0.25, 0.3) is 10.9 Å². The van der Waals surface area contributed by atoms with E-state index < -0.39 is 83.9 Å². The monoisotopic (exact) mass is 1150 g/mol. The van der Waals surface area contributed by atoms with E-state index in [-0.39, 0.29) is 58.3 Å². The van der Waals surface area contributed by atoms with Gasteiger partial charge in [-0.05, 0) is 124 Å². The molecule has 75 heavy (non-hydrogen) atoms. The molecule has 1 aromatic heterocycles. The van der Waals surface area contributed by atoms with Crippen LogP contribution in [0.5, 0.6) is 0 Å². The van der Waals surface area contributed by atoms with Crippen molar-refractivity contribution in [2.45, 2.75) is 154 Å². The van der Waals surface area contributed by atoms with Gasteiger partial charge in [-0.15, -0.1) is 0 Å². The summed E-state index contributed by atoms with van der Waals surface area (Å²) in [6.45, 7) is 15.1. The number of amides is 5. The molecule has 0 spiro atoms. The molecule has 412 valence electrons. The zero-order valence-electron chi connectivity index (χ0n) is 44.5. The molecule has 2 aliphatic rings. The smallest absolute Gasteiger partial charge is 0.419 e. The summed E-state index contributed by atoms with van der Waals surface area (Å²) in [4.78, 5) is 87.2. The minimum absolute atomic E-state index is 0.0214. The number of thioether (sulfide) groups is 1. The van der Waals surface area contributed by atoms with Crippen molar-refractivity contribution in [1.29, 1.82) is 0 Å². The fourth-order valence-corrected chi connectivity index (χ4v) is 10.2. The first kappa shape index (κ1) is 60.5. The Labute approximate surface area is 456 Å². The summed E-state index contributed by atoms with van der Waals surface area (Å²) in [5.74, 6) is -1.76. The lowest BCUT2D eigenvalue weighted by Gasteiger charge is -2.32. The molecule has 17 nitrogen and oxygen atoms in total. The molecule has 0 bridgehead atoms. The van der Waals surface area contributed by atoms with Crippen molar-refractivity contribution in [2.24, 2.45) is 0 Å². The van der Waals surface area contributed by atoms with Gasteiger partial charge in [-0.3, -0.25) is 23.4 Å². The van der Waals surface area contributed by atoms with E-state index >= 15 is 4.79 Å². The molecule has 2 aromatic carbocycles. The van der Waals surface area contributed by atoms with Gasteiger partial charge in [0.15, 0.2) is 0 Å². The third-order valence-electron chi connectivity index (χ3n) is 11.7. The van der Waals surface area contributed by atoms with E-state index in [1.54, 1.807) is 91.1 Å². The van der Waals surface area contributed by atoms with Gasteiger partial charge in [0.1, 0.15) is 28.9 Å². The summed E-state index contributed by atoms with van der Waals surface area (Å²) < 4.78 is 47.7. The van der Waals surface area contributed by atoms with Gasteiger partial charge >= 0.3 is 18.3 Å². The third kappa shape index (κ3) is 18.4. The summed E-state index contributed by atoms with van der Waals surface area (Å²) in [5, 5.41) is 13.4. The minimum atomic E-state index is -2.84. The highest BCUT2D eigenvalue weighted by Crippen LogP contribution is 2.40. The highest BCUT2D eigenvalue weighted by molar-refractivity contribution is 9.12. The van der Waals surface area contributed by atoms with Crippen molar-refractivity contribution >= 4 is 86.4 Å². The van der Waals surface area contributed by atoms with E-state index in [0.29, 0.717) is 44.5 Å². The van der Waals surface area contributed by atoms with Crippen molar-refractivity contribution in [3.8, 4) is 0 Å². The number of likely N-dealkylation sites (N-methyl/N-ethyl adjacent to an activating group) is 1. The molecule has 0 fully saturated rings. The van der Waals surface area contributed by atoms with Crippen LogP contribution in [0.2, 0.25) is 0 Å². The van der Waals surface area contributed by atoms with Gasteiger partial charge in [0.2, 0.25) is 17.7 Å². The number of hydrogen-bond acceptors (Lipinski definition) is 12. The molecule has 0 saturated carbocycles. The van der Waals surface area contributed by atoms with Crippen molar-refractivity contribution < 1.29 is 51.8 Å². The fraction of sp³-hybridized carbons (Fsp3) is 0.547. The maximum absolute atomic E-state index is 15.2. The minimum Gasteiger partial charge on any atom is -0.444 e. The van der Waals surface area contributed by atoms with Gasteiger partial charge in [-0.1, -0.05) is 64.1 Å². The fourth-order valence-electron chi connectivity index (χ4n) is 8.22. The molecule has 2 aliphatic heterocycles. The van der Waals surface area contributed by atoms with Gasteiger partial charge < -0.3 is 45.3 Å². The Morgan fingerprint density at radius 1 is 0.867 bits per heavy atom. The van der Waals surface area contributed by atoms with E-state index in [2.05, 4.69) is 37.2 Å². The quantitative estimate of drug-likeness (QED) is 0.0721. The van der Waals surface area contributed by atoms with Crippen LogP contribution in [0.4, 0.5) is 23.2 Å². The second kappa shape index (κ2) is 26.6. The first-order chi connectivity index (χ1) is 35.1. The molecule has 0 saturated heterocycles.